The standard InChI is InChI=1S/C11H10N2O3S2/c14-7(15)4-18-11-12-9(16)8-6(5-1-2-5)3-17-10(8)13-11/h3,5H,1-2,4H2,(H,14,15)(H,12,13,16). The molecule has 2 aromatic rings. The fourth-order valence-electron chi connectivity index (χ4n) is 1.84. The fraction of sp³-hybridized carbons (Fsp3) is 0.364. The number of aliphatic carboxylic acids is 1. The van der Waals surface area contributed by atoms with Gasteiger partial charge in [-0.25, -0.2) is 4.98 Å². The van der Waals surface area contributed by atoms with Crippen LogP contribution >= 0.6 is 23.1 Å². The Bertz CT molecular complexity index is 672. The Morgan fingerprint density at radius 2 is 2.39 bits per heavy atom. The summed E-state index contributed by atoms with van der Waals surface area (Å²) in [5.74, 6) is -0.512. The van der Waals surface area contributed by atoms with Crippen LogP contribution in [0.5, 0.6) is 0 Å². The van der Waals surface area contributed by atoms with E-state index < -0.39 is 5.97 Å². The molecule has 2 aromatic heterocycles. The van der Waals surface area contributed by atoms with Crippen LogP contribution in [0, 0.1) is 0 Å². The van der Waals surface area contributed by atoms with Crippen molar-refractivity contribution in [2.75, 3.05) is 5.75 Å². The molecule has 1 aliphatic rings. The highest BCUT2D eigenvalue weighted by molar-refractivity contribution is 7.99. The molecule has 0 spiro atoms. The van der Waals surface area contributed by atoms with Crippen molar-refractivity contribution in [1.82, 2.24) is 9.97 Å². The van der Waals surface area contributed by atoms with Crippen molar-refractivity contribution in [3.63, 3.8) is 0 Å². The number of H-pyrrole nitrogens is 1. The van der Waals surface area contributed by atoms with Gasteiger partial charge in [-0.2, -0.15) is 0 Å². The molecule has 7 heteroatoms. The molecule has 1 saturated carbocycles. The number of nitrogens with zero attached hydrogens (tertiary/aromatic N) is 1. The van der Waals surface area contributed by atoms with Crippen LogP contribution in [0.2, 0.25) is 0 Å². The number of aromatic amines is 1. The maximum absolute atomic E-state index is 12.0. The average Bonchev–Trinajstić information content (AvgIpc) is 3.07. The Balaban J connectivity index is 2.00. The molecule has 0 atom stereocenters. The summed E-state index contributed by atoms with van der Waals surface area (Å²) in [5, 5.41) is 11.7. The van der Waals surface area contributed by atoms with E-state index in [1.807, 2.05) is 5.38 Å². The number of fused-ring (bicyclic) bond motifs is 1. The average molecular weight is 282 g/mol. The highest BCUT2D eigenvalue weighted by Crippen LogP contribution is 2.44. The second-order valence-electron chi connectivity index (χ2n) is 4.20. The van der Waals surface area contributed by atoms with Crippen LogP contribution in [-0.4, -0.2) is 26.8 Å². The lowest BCUT2D eigenvalue weighted by molar-refractivity contribution is -0.133. The van der Waals surface area contributed by atoms with Gasteiger partial charge in [0.15, 0.2) is 5.16 Å². The van der Waals surface area contributed by atoms with Crippen LogP contribution in [0.25, 0.3) is 10.2 Å². The molecule has 0 saturated heterocycles. The lowest BCUT2D eigenvalue weighted by Gasteiger charge is -1.99. The van der Waals surface area contributed by atoms with Crippen molar-refractivity contribution >= 4 is 39.3 Å². The summed E-state index contributed by atoms with van der Waals surface area (Å²) in [6.45, 7) is 0. The first-order chi connectivity index (χ1) is 8.65. The summed E-state index contributed by atoms with van der Waals surface area (Å²) in [5.41, 5.74) is 0.939. The normalized spacial score (nSPS) is 15.1. The Kier molecular flexibility index (Phi) is 2.87. The zero-order chi connectivity index (χ0) is 12.7. The van der Waals surface area contributed by atoms with Gasteiger partial charge in [-0.3, -0.25) is 9.59 Å². The van der Waals surface area contributed by atoms with Gasteiger partial charge in [0.25, 0.3) is 5.56 Å². The van der Waals surface area contributed by atoms with Gasteiger partial charge >= 0.3 is 5.97 Å². The van der Waals surface area contributed by atoms with E-state index in [-0.39, 0.29) is 11.3 Å². The second-order valence-corrected chi connectivity index (χ2v) is 6.02. The smallest absolute Gasteiger partial charge is 0.313 e. The number of aromatic nitrogens is 2. The number of thioether (sulfide) groups is 1. The molecule has 0 amide bonds. The van der Waals surface area contributed by atoms with Gasteiger partial charge in [-0.15, -0.1) is 11.3 Å². The Hall–Kier alpha value is -1.34. The van der Waals surface area contributed by atoms with Crippen LogP contribution in [0.3, 0.4) is 0 Å². The third-order valence-corrected chi connectivity index (χ3v) is 4.55. The Morgan fingerprint density at radius 1 is 1.61 bits per heavy atom. The summed E-state index contributed by atoms with van der Waals surface area (Å²) < 4.78 is 0. The van der Waals surface area contributed by atoms with Gasteiger partial charge < -0.3 is 10.1 Å². The zero-order valence-corrected chi connectivity index (χ0v) is 10.9. The molecule has 3 rings (SSSR count). The first-order valence-corrected chi connectivity index (χ1v) is 7.37. The minimum atomic E-state index is -0.924. The van der Waals surface area contributed by atoms with Crippen LogP contribution in [0.15, 0.2) is 15.3 Å². The molecule has 1 aliphatic carbocycles. The summed E-state index contributed by atoms with van der Waals surface area (Å²) in [7, 11) is 0. The predicted octanol–water partition coefficient (Wildman–Crippen LogP) is 2.04. The van der Waals surface area contributed by atoms with Gasteiger partial charge in [-0.05, 0) is 29.7 Å². The molecule has 94 valence electrons. The van der Waals surface area contributed by atoms with Crippen LogP contribution in [0.1, 0.15) is 24.3 Å². The van der Waals surface area contributed by atoms with Crippen molar-refractivity contribution in [3.05, 3.63) is 21.3 Å². The van der Waals surface area contributed by atoms with Crippen molar-refractivity contribution in [3.8, 4) is 0 Å². The van der Waals surface area contributed by atoms with Crippen LogP contribution in [-0.2, 0) is 4.79 Å². The molecule has 0 aromatic carbocycles. The fourth-order valence-corrected chi connectivity index (χ4v) is 3.50. The summed E-state index contributed by atoms with van der Waals surface area (Å²) in [6, 6.07) is 0. The molecule has 18 heavy (non-hydrogen) atoms. The molecule has 0 bridgehead atoms. The van der Waals surface area contributed by atoms with E-state index in [4.69, 9.17) is 5.11 Å². The molecule has 2 N–H and O–H groups in total. The quantitative estimate of drug-likeness (QED) is 0.662. The number of hydrogen-bond donors (Lipinski definition) is 2. The van der Waals surface area contributed by atoms with Gasteiger partial charge in [0, 0.05) is 0 Å². The molecule has 5 nitrogen and oxygen atoms in total. The summed E-state index contributed by atoms with van der Waals surface area (Å²) >= 11 is 2.48. The van der Waals surface area contributed by atoms with Crippen molar-refractivity contribution in [2.24, 2.45) is 0 Å². The number of hydrogen-bond acceptors (Lipinski definition) is 5. The number of carbonyl (C=O) groups is 1. The maximum atomic E-state index is 12.0. The van der Waals surface area contributed by atoms with E-state index in [1.54, 1.807) is 0 Å². The zero-order valence-electron chi connectivity index (χ0n) is 9.30. The Labute approximate surface area is 110 Å². The van der Waals surface area contributed by atoms with Crippen molar-refractivity contribution < 1.29 is 9.90 Å². The van der Waals surface area contributed by atoms with E-state index in [2.05, 4.69) is 9.97 Å². The highest BCUT2D eigenvalue weighted by atomic mass is 32.2. The number of carboxylic acids is 1. The van der Waals surface area contributed by atoms with Crippen molar-refractivity contribution in [2.45, 2.75) is 23.9 Å². The third-order valence-electron chi connectivity index (χ3n) is 2.80. The highest BCUT2D eigenvalue weighted by Gasteiger charge is 2.28. The molecular formula is C11H10N2O3S2. The van der Waals surface area contributed by atoms with E-state index in [9.17, 15) is 9.59 Å². The second kappa shape index (κ2) is 4.40. The minimum Gasteiger partial charge on any atom is -0.481 e. The maximum Gasteiger partial charge on any atom is 0.313 e. The summed E-state index contributed by atoms with van der Waals surface area (Å²) in [4.78, 5) is 30.2. The van der Waals surface area contributed by atoms with E-state index in [0.717, 1.165) is 30.2 Å². The number of rotatable bonds is 4. The number of nitrogens with one attached hydrogen (secondary N) is 1. The predicted molar refractivity (Wildman–Crippen MR) is 70.6 cm³/mol. The van der Waals surface area contributed by atoms with E-state index >= 15 is 0 Å². The lowest BCUT2D eigenvalue weighted by atomic mass is 10.1. The SMILES string of the molecule is O=C(O)CSc1nc2scc(C3CC3)c2c(=O)[nH]1. The largest absolute Gasteiger partial charge is 0.481 e. The topological polar surface area (TPSA) is 83.0 Å². The molecule has 1 fully saturated rings. The first kappa shape index (κ1) is 11.7. The summed E-state index contributed by atoms with van der Waals surface area (Å²) in [6.07, 6.45) is 2.28. The van der Waals surface area contributed by atoms with E-state index in [0.29, 0.717) is 21.3 Å². The molecular weight excluding hydrogens is 272 g/mol. The van der Waals surface area contributed by atoms with Crippen LogP contribution < -0.4 is 5.56 Å². The van der Waals surface area contributed by atoms with Gasteiger partial charge in [0.1, 0.15) is 4.83 Å². The first-order valence-electron chi connectivity index (χ1n) is 5.51. The molecule has 0 unspecified atom stereocenters. The minimum absolute atomic E-state index is 0.102. The lowest BCUT2D eigenvalue weighted by Crippen LogP contribution is -2.10. The number of carboxylic acid groups (broad SMARTS) is 1. The van der Waals surface area contributed by atoms with Gasteiger partial charge in [0.2, 0.25) is 0 Å². The van der Waals surface area contributed by atoms with Gasteiger partial charge in [0.05, 0.1) is 11.1 Å². The van der Waals surface area contributed by atoms with Gasteiger partial charge in [-0.1, -0.05) is 11.8 Å². The van der Waals surface area contributed by atoms with E-state index in [1.165, 1.54) is 11.3 Å². The molecule has 0 radical (unpaired) electrons. The molecule has 2 heterocycles. The third kappa shape index (κ3) is 2.15. The number of thiophene rings is 1. The Morgan fingerprint density at radius 3 is 3.06 bits per heavy atom. The molecule has 0 aliphatic heterocycles. The monoisotopic (exact) mass is 282 g/mol. The van der Waals surface area contributed by atoms with Crippen LogP contribution in [0.4, 0.5) is 0 Å². The van der Waals surface area contributed by atoms with Crippen molar-refractivity contribution in [1.29, 1.82) is 0 Å².